The van der Waals surface area contributed by atoms with E-state index in [0.717, 1.165) is 4.90 Å². The quantitative estimate of drug-likeness (QED) is 0.896. The Balaban J connectivity index is 2.35. The maximum absolute atomic E-state index is 12.0. The molecule has 19 heavy (non-hydrogen) atoms. The molecule has 0 aliphatic carbocycles. The number of ether oxygens (including phenoxy) is 1. The number of hydrogen-bond donors (Lipinski definition) is 1. The maximum atomic E-state index is 12.0. The molecule has 1 aliphatic heterocycles. The largest absolute Gasteiger partial charge is 0.490 e. The zero-order chi connectivity index (χ0) is 14.4. The highest BCUT2D eigenvalue weighted by molar-refractivity contribution is 6.35. The highest BCUT2D eigenvalue weighted by Crippen LogP contribution is 2.34. The van der Waals surface area contributed by atoms with Crippen LogP contribution in [-0.4, -0.2) is 29.5 Å². The Hall–Kier alpha value is -1.53. The molecule has 1 unspecified atom stereocenters. The van der Waals surface area contributed by atoms with E-state index < -0.39 is 12.1 Å². The molecule has 104 valence electrons. The Kier molecular flexibility index (Phi) is 3.32. The van der Waals surface area contributed by atoms with Gasteiger partial charge in [0.05, 0.1) is 7.11 Å². The van der Waals surface area contributed by atoms with E-state index >= 15 is 0 Å². The molecule has 2 rings (SSSR count). The number of carbonyl (C=O) groups is 1. The first-order chi connectivity index (χ1) is 8.77. The van der Waals surface area contributed by atoms with Crippen molar-refractivity contribution in [1.82, 2.24) is 5.16 Å². The summed E-state index contributed by atoms with van der Waals surface area (Å²) < 4.78 is 10.1. The number of rotatable bonds is 2. The van der Waals surface area contributed by atoms with Gasteiger partial charge in [-0.1, -0.05) is 37.5 Å². The highest BCUT2D eigenvalue weighted by atomic mass is 35.5. The summed E-state index contributed by atoms with van der Waals surface area (Å²) >= 11 is 5.85. The van der Waals surface area contributed by atoms with Crippen LogP contribution in [0.1, 0.15) is 26.5 Å². The Morgan fingerprint density at radius 3 is 2.58 bits per heavy atom. The average molecular weight is 287 g/mol. The van der Waals surface area contributed by atoms with E-state index in [1.165, 1.54) is 7.11 Å². The lowest BCUT2D eigenvalue weighted by molar-refractivity contribution is -0.118. The number of methoxy groups -OCH3 is 1. The van der Waals surface area contributed by atoms with Crippen LogP contribution < -0.4 is 4.90 Å². The van der Waals surface area contributed by atoms with E-state index in [4.69, 9.17) is 20.9 Å². The van der Waals surface area contributed by atoms with Crippen LogP contribution >= 0.6 is 11.6 Å². The summed E-state index contributed by atoms with van der Waals surface area (Å²) in [5.74, 6) is 0.167. The van der Waals surface area contributed by atoms with Crippen molar-refractivity contribution in [1.29, 1.82) is 0 Å². The van der Waals surface area contributed by atoms with Gasteiger partial charge < -0.3 is 14.4 Å². The van der Waals surface area contributed by atoms with Gasteiger partial charge >= 0.3 is 0 Å². The second kappa shape index (κ2) is 4.54. The van der Waals surface area contributed by atoms with Gasteiger partial charge in [0.15, 0.2) is 12.0 Å². The smallest absolute Gasteiger partial charge is 0.298 e. The van der Waals surface area contributed by atoms with Crippen LogP contribution in [0.4, 0.5) is 5.82 Å². The van der Waals surface area contributed by atoms with Crippen LogP contribution in [0.2, 0.25) is 0 Å². The second-order valence-electron chi connectivity index (χ2n) is 5.23. The fourth-order valence-electron chi connectivity index (χ4n) is 1.70. The van der Waals surface area contributed by atoms with Crippen molar-refractivity contribution in [2.24, 2.45) is 0 Å². The van der Waals surface area contributed by atoms with E-state index in [-0.39, 0.29) is 22.0 Å². The molecule has 7 heteroatoms. The summed E-state index contributed by atoms with van der Waals surface area (Å²) in [6.07, 6.45) is -1.30. The number of aliphatic hydroxyl groups is 1. The van der Waals surface area contributed by atoms with Crippen molar-refractivity contribution in [2.75, 3.05) is 12.0 Å². The van der Waals surface area contributed by atoms with Gasteiger partial charge in [-0.05, 0) is 0 Å². The molecular formula is C12H15ClN2O4. The fourth-order valence-corrected chi connectivity index (χ4v) is 1.96. The first-order valence-corrected chi connectivity index (χ1v) is 6.07. The lowest BCUT2D eigenvalue weighted by atomic mass is 9.93. The predicted octanol–water partition coefficient (Wildman–Crippen LogP) is 1.73. The summed E-state index contributed by atoms with van der Waals surface area (Å²) in [6, 6.07) is 1.60. The van der Waals surface area contributed by atoms with E-state index in [2.05, 4.69) is 5.16 Å². The van der Waals surface area contributed by atoms with Gasteiger partial charge in [0, 0.05) is 11.5 Å². The van der Waals surface area contributed by atoms with Crippen LogP contribution in [0.5, 0.6) is 0 Å². The number of carbonyl (C=O) groups excluding carboxylic acids is 1. The number of nitrogens with zero attached hydrogens (tertiary/aromatic N) is 2. The van der Waals surface area contributed by atoms with Crippen LogP contribution in [0.15, 0.2) is 21.4 Å². The van der Waals surface area contributed by atoms with Crippen LogP contribution in [0, 0.1) is 0 Å². The normalized spacial score (nSPS) is 20.4. The highest BCUT2D eigenvalue weighted by Gasteiger charge is 2.41. The minimum absolute atomic E-state index is 0.0622. The van der Waals surface area contributed by atoms with Gasteiger partial charge in [-0.3, -0.25) is 9.69 Å². The summed E-state index contributed by atoms with van der Waals surface area (Å²) in [4.78, 5) is 13.1. The Morgan fingerprint density at radius 2 is 2.16 bits per heavy atom. The molecule has 0 bridgehead atoms. The molecule has 0 spiro atoms. The number of aliphatic hydroxyl groups excluding tert-OH is 1. The minimum atomic E-state index is -1.30. The van der Waals surface area contributed by atoms with Crippen LogP contribution in [0.3, 0.4) is 0 Å². The minimum Gasteiger partial charge on any atom is -0.490 e. The zero-order valence-electron chi connectivity index (χ0n) is 11.1. The van der Waals surface area contributed by atoms with E-state index in [9.17, 15) is 9.90 Å². The second-order valence-corrected chi connectivity index (χ2v) is 5.64. The van der Waals surface area contributed by atoms with Crippen LogP contribution in [0.25, 0.3) is 0 Å². The molecule has 1 aliphatic rings. The molecule has 1 N–H and O–H groups in total. The van der Waals surface area contributed by atoms with Gasteiger partial charge in [0.25, 0.3) is 5.91 Å². The van der Waals surface area contributed by atoms with Gasteiger partial charge in [0.2, 0.25) is 5.76 Å². The molecular weight excluding hydrogens is 272 g/mol. The molecule has 0 radical (unpaired) electrons. The van der Waals surface area contributed by atoms with Gasteiger partial charge in [0.1, 0.15) is 10.8 Å². The van der Waals surface area contributed by atoms with Crippen molar-refractivity contribution >= 4 is 23.3 Å². The summed E-state index contributed by atoms with van der Waals surface area (Å²) in [5, 5.41) is 13.7. The van der Waals surface area contributed by atoms with E-state index in [1.807, 2.05) is 20.8 Å². The molecule has 1 atom stereocenters. The van der Waals surface area contributed by atoms with Gasteiger partial charge in [-0.15, -0.1) is 0 Å². The first kappa shape index (κ1) is 13.9. The van der Waals surface area contributed by atoms with E-state index in [1.54, 1.807) is 6.07 Å². The molecule has 1 amide bonds. The number of amides is 1. The molecule has 0 aromatic carbocycles. The van der Waals surface area contributed by atoms with Gasteiger partial charge in [-0.25, -0.2) is 0 Å². The molecule has 2 heterocycles. The predicted molar refractivity (Wildman–Crippen MR) is 68.6 cm³/mol. The molecule has 1 aromatic rings. The summed E-state index contributed by atoms with van der Waals surface area (Å²) in [5.41, 5.74) is -0.250. The summed E-state index contributed by atoms with van der Waals surface area (Å²) in [7, 11) is 1.31. The fraction of sp³-hybridized carbons (Fsp3) is 0.500. The summed E-state index contributed by atoms with van der Waals surface area (Å²) in [6.45, 7) is 5.85. The molecule has 0 saturated heterocycles. The van der Waals surface area contributed by atoms with Crippen molar-refractivity contribution in [3.8, 4) is 0 Å². The van der Waals surface area contributed by atoms with Crippen LogP contribution in [-0.2, 0) is 14.9 Å². The van der Waals surface area contributed by atoms with Crippen molar-refractivity contribution < 1.29 is 19.2 Å². The Bertz CT molecular complexity index is 544. The first-order valence-electron chi connectivity index (χ1n) is 5.70. The van der Waals surface area contributed by atoms with Crippen molar-refractivity contribution in [3.05, 3.63) is 22.6 Å². The lowest BCUT2D eigenvalue weighted by Crippen LogP contribution is -2.35. The third-order valence-electron chi connectivity index (χ3n) is 2.79. The monoisotopic (exact) mass is 286 g/mol. The maximum Gasteiger partial charge on any atom is 0.298 e. The number of hydrogen-bond acceptors (Lipinski definition) is 5. The molecule has 1 aromatic heterocycles. The molecule has 0 saturated carbocycles. The number of aromatic nitrogens is 1. The van der Waals surface area contributed by atoms with E-state index in [0.29, 0.717) is 5.76 Å². The Morgan fingerprint density at radius 1 is 1.53 bits per heavy atom. The Labute approximate surface area is 115 Å². The number of halogens is 1. The third kappa shape index (κ3) is 2.21. The number of anilines is 1. The average Bonchev–Trinajstić information content (AvgIpc) is 2.85. The zero-order valence-corrected chi connectivity index (χ0v) is 11.9. The standard InChI is InChI=1S/C12H15ClN2O4/c1-12(2,3)6-5-7(14-19-6)15-10(16)8(13)9(18-4)11(15)17/h5,10,16H,1-4H3. The SMILES string of the molecule is COC1=C(Cl)C(O)N(c2cc(C(C)(C)C)on2)C1=O. The van der Waals surface area contributed by atoms with Crippen molar-refractivity contribution in [3.63, 3.8) is 0 Å². The lowest BCUT2D eigenvalue weighted by Gasteiger charge is -2.17. The third-order valence-corrected chi connectivity index (χ3v) is 3.16. The molecule has 0 fully saturated rings. The topological polar surface area (TPSA) is 75.8 Å². The van der Waals surface area contributed by atoms with Gasteiger partial charge in [-0.2, -0.15) is 0 Å². The molecule has 6 nitrogen and oxygen atoms in total. The van der Waals surface area contributed by atoms with Crippen molar-refractivity contribution in [2.45, 2.75) is 32.4 Å².